The zero-order valence-corrected chi connectivity index (χ0v) is 14.0. The molecule has 0 aliphatic rings. The monoisotopic (exact) mass is 343 g/mol. The first-order valence-electron chi connectivity index (χ1n) is 6.58. The van der Waals surface area contributed by atoms with Gasteiger partial charge in [0.25, 0.3) is 0 Å². The maximum Gasteiger partial charge on any atom is 0.115 e. The highest BCUT2D eigenvalue weighted by molar-refractivity contribution is 6.48. The number of nitrogens with one attached hydrogen (secondary N) is 1. The molecule has 0 spiro atoms. The third-order valence-electron chi connectivity index (χ3n) is 3.40. The molecule has 0 aliphatic heterocycles. The topological polar surface area (TPSA) is 32.3 Å². The van der Waals surface area contributed by atoms with Crippen molar-refractivity contribution in [3.05, 3.63) is 62.6 Å². The fraction of sp³-hybridized carbons (Fsp3) is 0.250. The number of aromatic hydroxyl groups is 1. The Labute approximate surface area is 139 Å². The van der Waals surface area contributed by atoms with Crippen LogP contribution in [-0.2, 0) is 0 Å². The van der Waals surface area contributed by atoms with Crippen LogP contribution in [0.15, 0.2) is 36.4 Å². The molecule has 0 aromatic heterocycles. The SMILES string of the molecule is CC(NC(C)c1ccc(Cl)c(Cl)c1Cl)c1cccc(O)c1. The van der Waals surface area contributed by atoms with Crippen LogP contribution in [0.3, 0.4) is 0 Å². The Kier molecular flexibility index (Phi) is 5.39. The third kappa shape index (κ3) is 3.83. The number of hydrogen-bond donors (Lipinski definition) is 2. The van der Waals surface area contributed by atoms with Crippen molar-refractivity contribution >= 4 is 34.8 Å². The van der Waals surface area contributed by atoms with E-state index in [1.165, 1.54) is 0 Å². The number of phenols is 1. The summed E-state index contributed by atoms with van der Waals surface area (Å²) >= 11 is 18.3. The first-order valence-corrected chi connectivity index (χ1v) is 7.72. The average molecular weight is 345 g/mol. The molecule has 2 rings (SSSR count). The van der Waals surface area contributed by atoms with Gasteiger partial charge >= 0.3 is 0 Å². The summed E-state index contributed by atoms with van der Waals surface area (Å²) in [5.41, 5.74) is 1.89. The molecule has 2 nitrogen and oxygen atoms in total. The van der Waals surface area contributed by atoms with Crippen LogP contribution in [0.1, 0.15) is 37.1 Å². The Balaban J connectivity index is 2.18. The standard InChI is InChI=1S/C16H16Cl3NO/c1-9(11-4-3-5-12(21)8-11)20-10(2)13-6-7-14(17)16(19)15(13)18/h3-10,20-21H,1-2H3. The van der Waals surface area contributed by atoms with Crippen LogP contribution in [0.5, 0.6) is 5.75 Å². The maximum atomic E-state index is 9.54. The van der Waals surface area contributed by atoms with Gasteiger partial charge in [-0.25, -0.2) is 0 Å². The van der Waals surface area contributed by atoms with E-state index in [4.69, 9.17) is 34.8 Å². The third-order valence-corrected chi connectivity index (χ3v) is 4.71. The molecule has 5 heteroatoms. The van der Waals surface area contributed by atoms with E-state index >= 15 is 0 Å². The van der Waals surface area contributed by atoms with E-state index in [9.17, 15) is 5.11 Å². The minimum absolute atomic E-state index is 0.00962. The lowest BCUT2D eigenvalue weighted by molar-refractivity contribution is 0.466. The molecule has 2 aromatic rings. The van der Waals surface area contributed by atoms with Crippen molar-refractivity contribution in [3.8, 4) is 5.75 Å². The van der Waals surface area contributed by atoms with Gasteiger partial charge < -0.3 is 10.4 Å². The largest absolute Gasteiger partial charge is 0.508 e. The molecule has 0 heterocycles. The van der Waals surface area contributed by atoms with Crippen LogP contribution in [0.25, 0.3) is 0 Å². The minimum atomic E-state index is -0.00962. The number of rotatable bonds is 4. The normalized spacial score (nSPS) is 14.0. The molecule has 21 heavy (non-hydrogen) atoms. The molecule has 0 radical (unpaired) electrons. The van der Waals surface area contributed by atoms with Crippen molar-refractivity contribution in [1.29, 1.82) is 0 Å². The van der Waals surface area contributed by atoms with Crippen LogP contribution < -0.4 is 5.32 Å². The second-order valence-electron chi connectivity index (χ2n) is 4.97. The molecule has 2 unspecified atom stereocenters. The molecule has 0 bridgehead atoms. The number of phenolic OH excluding ortho intramolecular Hbond substituents is 1. The minimum Gasteiger partial charge on any atom is -0.508 e. The summed E-state index contributed by atoms with van der Waals surface area (Å²) in [6.45, 7) is 4.03. The van der Waals surface area contributed by atoms with E-state index in [0.717, 1.165) is 11.1 Å². The molecule has 0 fully saturated rings. The summed E-state index contributed by atoms with van der Waals surface area (Å²) in [5, 5.41) is 14.3. The highest BCUT2D eigenvalue weighted by atomic mass is 35.5. The van der Waals surface area contributed by atoms with Gasteiger partial charge in [0.05, 0.1) is 15.1 Å². The Morgan fingerprint density at radius 1 is 0.952 bits per heavy atom. The lowest BCUT2D eigenvalue weighted by Crippen LogP contribution is -2.22. The van der Waals surface area contributed by atoms with E-state index in [0.29, 0.717) is 15.1 Å². The zero-order chi connectivity index (χ0) is 15.6. The van der Waals surface area contributed by atoms with Gasteiger partial charge in [-0.2, -0.15) is 0 Å². The van der Waals surface area contributed by atoms with Crippen LogP contribution in [0.4, 0.5) is 0 Å². The van der Waals surface area contributed by atoms with Crippen LogP contribution in [0.2, 0.25) is 15.1 Å². The molecular formula is C16H16Cl3NO. The lowest BCUT2D eigenvalue weighted by atomic mass is 10.0. The molecule has 2 atom stereocenters. The van der Waals surface area contributed by atoms with Crippen molar-refractivity contribution in [3.63, 3.8) is 0 Å². The van der Waals surface area contributed by atoms with Gasteiger partial charge in [0.2, 0.25) is 0 Å². The van der Waals surface area contributed by atoms with Crippen molar-refractivity contribution in [2.45, 2.75) is 25.9 Å². The fourth-order valence-corrected chi connectivity index (χ4v) is 2.94. The van der Waals surface area contributed by atoms with Gasteiger partial charge in [-0.1, -0.05) is 53.0 Å². The predicted octanol–water partition coefficient (Wildman–Crippen LogP) is 5.76. The summed E-state index contributed by atoms with van der Waals surface area (Å²) in [6, 6.07) is 10.8. The Hall–Kier alpha value is -0.930. The Morgan fingerprint density at radius 2 is 1.67 bits per heavy atom. The van der Waals surface area contributed by atoms with E-state index < -0.39 is 0 Å². The van der Waals surface area contributed by atoms with E-state index in [1.807, 2.05) is 32.0 Å². The average Bonchev–Trinajstić information content (AvgIpc) is 2.44. The molecule has 112 valence electrons. The van der Waals surface area contributed by atoms with Crippen molar-refractivity contribution < 1.29 is 5.11 Å². The second kappa shape index (κ2) is 6.89. The summed E-state index contributed by atoms with van der Waals surface area (Å²) in [7, 11) is 0. The molecule has 0 saturated heterocycles. The predicted molar refractivity (Wildman–Crippen MR) is 89.5 cm³/mol. The molecule has 2 aromatic carbocycles. The van der Waals surface area contributed by atoms with Gasteiger partial charge in [0.15, 0.2) is 0 Å². The summed E-state index contributed by atoms with van der Waals surface area (Å²) in [5.74, 6) is 0.251. The van der Waals surface area contributed by atoms with E-state index in [1.54, 1.807) is 18.2 Å². The first kappa shape index (κ1) is 16.4. The smallest absolute Gasteiger partial charge is 0.115 e. The number of hydrogen-bond acceptors (Lipinski definition) is 2. The van der Waals surface area contributed by atoms with Gasteiger partial charge in [0, 0.05) is 12.1 Å². The second-order valence-corrected chi connectivity index (χ2v) is 6.13. The highest BCUT2D eigenvalue weighted by Crippen LogP contribution is 2.36. The maximum absolute atomic E-state index is 9.54. The Bertz CT molecular complexity index is 645. The van der Waals surface area contributed by atoms with Crippen LogP contribution in [-0.4, -0.2) is 5.11 Å². The summed E-state index contributed by atoms with van der Waals surface area (Å²) < 4.78 is 0. The van der Waals surface area contributed by atoms with Crippen LogP contribution in [0, 0.1) is 0 Å². The molecular weight excluding hydrogens is 329 g/mol. The van der Waals surface area contributed by atoms with Gasteiger partial charge in [-0.3, -0.25) is 0 Å². The highest BCUT2D eigenvalue weighted by Gasteiger charge is 2.16. The molecule has 0 aliphatic carbocycles. The lowest BCUT2D eigenvalue weighted by Gasteiger charge is -2.22. The molecule has 0 amide bonds. The molecule has 0 saturated carbocycles. The van der Waals surface area contributed by atoms with Gasteiger partial charge in [0.1, 0.15) is 5.75 Å². The van der Waals surface area contributed by atoms with E-state index in [2.05, 4.69) is 5.32 Å². The molecule has 2 N–H and O–H groups in total. The number of benzene rings is 2. The quantitative estimate of drug-likeness (QED) is 0.691. The Morgan fingerprint density at radius 3 is 2.33 bits per heavy atom. The van der Waals surface area contributed by atoms with E-state index in [-0.39, 0.29) is 17.8 Å². The van der Waals surface area contributed by atoms with Crippen LogP contribution >= 0.6 is 34.8 Å². The number of halogens is 3. The summed E-state index contributed by atoms with van der Waals surface area (Å²) in [6.07, 6.45) is 0. The van der Waals surface area contributed by atoms with Gasteiger partial charge in [-0.15, -0.1) is 0 Å². The van der Waals surface area contributed by atoms with Crippen molar-refractivity contribution in [2.24, 2.45) is 0 Å². The first-order chi connectivity index (χ1) is 9.90. The van der Waals surface area contributed by atoms with Gasteiger partial charge in [-0.05, 0) is 43.2 Å². The van der Waals surface area contributed by atoms with Crippen molar-refractivity contribution in [1.82, 2.24) is 5.32 Å². The van der Waals surface area contributed by atoms with Crippen molar-refractivity contribution in [2.75, 3.05) is 0 Å². The summed E-state index contributed by atoms with van der Waals surface area (Å²) in [4.78, 5) is 0. The fourth-order valence-electron chi connectivity index (χ4n) is 2.23. The zero-order valence-electron chi connectivity index (χ0n) is 11.7.